The number of hydrogen-bond donors (Lipinski definition) is 1. The van der Waals surface area contributed by atoms with Crippen molar-refractivity contribution in [1.29, 1.82) is 0 Å². The Morgan fingerprint density at radius 3 is 2.94 bits per heavy atom. The first kappa shape index (κ1) is 13.4. The van der Waals surface area contributed by atoms with Gasteiger partial charge in [0.1, 0.15) is 5.69 Å². The lowest BCUT2D eigenvalue weighted by atomic mass is 10.1. The molecule has 2 heterocycles. The molecule has 2 N–H and O–H groups in total. The van der Waals surface area contributed by atoms with Crippen molar-refractivity contribution >= 4 is 17.5 Å². The number of morpholine rings is 1. The van der Waals surface area contributed by atoms with Crippen LogP contribution in [-0.4, -0.2) is 47.2 Å². The van der Waals surface area contributed by atoms with Crippen molar-refractivity contribution in [3.63, 3.8) is 0 Å². The first-order valence-electron chi connectivity index (χ1n) is 5.97. The maximum Gasteiger partial charge on any atom is 0.270 e. The molecule has 1 saturated heterocycles. The number of ether oxygens (including phenoxy) is 1. The summed E-state index contributed by atoms with van der Waals surface area (Å²) in [5.41, 5.74) is 6.40. The summed E-state index contributed by atoms with van der Waals surface area (Å²) < 4.78 is 7.28. The maximum absolute atomic E-state index is 12.4. The van der Waals surface area contributed by atoms with Gasteiger partial charge < -0.3 is 19.9 Å². The number of carbonyl (C=O) groups is 1. The van der Waals surface area contributed by atoms with E-state index in [1.54, 1.807) is 21.7 Å². The molecule has 5 nitrogen and oxygen atoms in total. The zero-order chi connectivity index (χ0) is 13.3. The number of nitrogens with zero attached hydrogens (tertiary/aromatic N) is 2. The van der Waals surface area contributed by atoms with Gasteiger partial charge in [0.05, 0.1) is 17.7 Å². The van der Waals surface area contributed by atoms with E-state index in [2.05, 4.69) is 0 Å². The van der Waals surface area contributed by atoms with Gasteiger partial charge in [0, 0.05) is 32.4 Å². The predicted octanol–water partition coefficient (Wildman–Crippen LogP) is 0.867. The van der Waals surface area contributed by atoms with Crippen molar-refractivity contribution in [3.05, 3.63) is 23.0 Å². The Morgan fingerprint density at radius 1 is 1.67 bits per heavy atom. The second kappa shape index (κ2) is 5.30. The van der Waals surface area contributed by atoms with Gasteiger partial charge in [0.2, 0.25) is 0 Å². The largest absolute Gasteiger partial charge is 0.373 e. The van der Waals surface area contributed by atoms with E-state index in [9.17, 15) is 4.79 Å². The Bertz CT molecular complexity index is 445. The zero-order valence-corrected chi connectivity index (χ0v) is 11.4. The molecule has 0 aliphatic carbocycles. The molecule has 1 aliphatic heterocycles. The monoisotopic (exact) mass is 271 g/mol. The number of rotatable bonds is 2. The molecule has 2 atom stereocenters. The Balaban J connectivity index is 2.11. The standard InChI is InChI=1S/C12H18ClN3O2/c1-8(14)11-7-16(3-4-18-11)12(17)10-5-9(13)6-15(10)2/h5-6,8,11H,3-4,7,14H2,1-2H3. The van der Waals surface area contributed by atoms with Crippen molar-refractivity contribution in [2.75, 3.05) is 19.7 Å². The smallest absolute Gasteiger partial charge is 0.270 e. The van der Waals surface area contributed by atoms with Crippen molar-refractivity contribution in [3.8, 4) is 0 Å². The third kappa shape index (κ3) is 2.68. The lowest BCUT2D eigenvalue weighted by Gasteiger charge is -2.34. The van der Waals surface area contributed by atoms with E-state index in [0.29, 0.717) is 30.4 Å². The molecule has 1 aliphatic rings. The van der Waals surface area contributed by atoms with E-state index in [-0.39, 0.29) is 18.1 Å². The van der Waals surface area contributed by atoms with Gasteiger partial charge in [-0.3, -0.25) is 4.79 Å². The lowest BCUT2D eigenvalue weighted by Crippen LogP contribution is -2.51. The third-order valence-electron chi connectivity index (χ3n) is 3.16. The second-order valence-electron chi connectivity index (χ2n) is 4.67. The number of aromatic nitrogens is 1. The molecule has 100 valence electrons. The Kier molecular flexibility index (Phi) is 3.94. The highest BCUT2D eigenvalue weighted by molar-refractivity contribution is 6.31. The van der Waals surface area contributed by atoms with Crippen LogP contribution in [0, 0.1) is 0 Å². The van der Waals surface area contributed by atoms with Crippen LogP contribution in [0.4, 0.5) is 0 Å². The van der Waals surface area contributed by atoms with Crippen LogP contribution < -0.4 is 5.73 Å². The molecule has 1 amide bonds. The summed E-state index contributed by atoms with van der Waals surface area (Å²) in [6.07, 6.45) is 1.62. The van der Waals surface area contributed by atoms with Gasteiger partial charge in [-0.15, -0.1) is 0 Å². The maximum atomic E-state index is 12.4. The van der Waals surface area contributed by atoms with Crippen LogP contribution in [-0.2, 0) is 11.8 Å². The Labute approximate surface area is 111 Å². The fourth-order valence-corrected chi connectivity index (χ4v) is 2.33. The van der Waals surface area contributed by atoms with Crippen molar-refractivity contribution in [1.82, 2.24) is 9.47 Å². The highest BCUT2D eigenvalue weighted by Crippen LogP contribution is 2.17. The van der Waals surface area contributed by atoms with Gasteiger partial charge in [-0.05, 0) is 13.0 Å². The first-order chi connectivity index (χ1) is 8.49. The highest BCUT2D eigenvalue weighted by atomic mass is 35.5. The van der Waals surface area contributed by atoms with Gasteiger partial charge >= 0.3 is 0 Å². The van der Waals surface area contributed by atoms with Gasteiger partial charge in [-0.2, -0.15) is 0 Å². The molecule has 1 aromatic rings. The molecular formula is C12H18ClN3O2. The van der Waals surface area contributed by atoms with Gasteiger partial charge in [-0.1, -0.05) is 11.6 Å². The second-order valence-corrected chi connectivity index (χ2v) is 5.11. The van der Waals surface area contributed by atoms with Crippen molar-refractivity contribution in [2.24, 2.45) is 12.8 Å². The van der Waals surface area contributed by atoms with Gasteiger partial charge in [0.15, 0.2) is 0 Å². The van der Waals surface area contributed by atoms with Crippen LogP contribution in [0.25, 0.3) is 0 Å². The van der Waals surface area contributed by atoms with E-state index in [0.717, 1.165) is 0 Å². The summed E-state index contributed by atoms with van der Waals surface area (Å²) in [5, 5.41) is 0.567. The molecule has 1 aromatic heterocycles. The zero-order valence-electron chi connectivity index (χ0n) is 10.6. The SMILES string of the molecule is CC(N)C1CN(C(=O)c2cc(Cl)cn2C)CCO1. The topological polar surface area (TPSA) is 60.5 Å². The van der Waals surface area contributed by atoms with Crippen LogP contribution >= 0.6 is 11.6 Å². The molecule has 2 rings (SSSR count). The van der Waals surface area contributed by atoms with Gasteiger partial charge in [0.25, 0.3) is 5.91 Å². The average Bonchev–Trinajstić information content (AvgIpc) is 2.67. The van der Waals surface area contributed by atoms with E-state index >= 15 is 0 Å². The Hall–Kier alpha value is -1.04. The number of halogens is 1. The van der Waals surface area contributed by atoms with Crippen LogP contribution in [0.2, 0.25) is 5.02 Å². The van der Waals surface area contributed by atoms with Gasteiger partial charge in [-0.25, -0.2) is 0 Å². The molecular weight excluding hydrogens is 254 g/mol. The average molecular weight is 272 g/mol. The number of carbonyl (C=O) groups excluding carboxylic acids is 1. The van der Waals surface area contributed by atoms with Crippen molar-refractivity contribution in [2.45, 2.75) is 19.1 Å². The molecule has 1 fully saturated rings. The van der Waals surface area contributed by atoms with E-state index in [1.807, 2.05) is 14.0 Å². The van der Waals surface area contributed by atoms with Crippen molar-refractivity contribution < 1.29 is 9.53 Å². The number of aryl methyl sites for hydroxylation is 1. The normalized spacial score (nSPS) is 22.0. The number of amides is 1. The molecule has 18 heavy (non-hydrogen) atoms. The molecule has 2 unspecified atom stereocenters. The first-order valence-corrected chi connectivity index (χ1v) is 6.35. The summed E-state index contributed by atoms with van der Waals surface area (Å²) in [6.45, 7) is 3.53. The summed E-state index contributed by atoms with van der Waals surface area (Å²) in [4.78, 5) is 14.1. The minimum absolute atomic E-state index is 0.0293. The molecule has 0 aromatic carbocycles. The summed E-state index contributed by atoms with van der Waals surface area (Å²) in [7, 11) is 1.81. The molecule has 0 bridgehead atoms. The minimum atomic E-state index is -0.0987. The summed E-state index contributed by atoms with van der Waals surface area (Å²) in [6, 6.07) is 1.60. The van der Waals surface area contributed by atoms with Crippen LogP contribution in [0.5, 0.6) is 0 Å². The predicted molar refractivity (Wildman–Crippen MR) is 69.7 cm³/mol. The fourth-order valence-electron chi connectivity index (χ4n) is 2.08. The quantitative estimate of drug-likeness (QED) is 0.868. The molecule has 0 radical (unpaired) electrons. The van der Waals surface area contributed by atoms with Crippen LogP contribution in [0.3, 0.4) is 0 Å². The summed E-state index contributed by atoms with van der Waals surface area (Å²) >= 11 is 5.89. The Morgan fingerprint density at radius 2 is 2.39 bits per heavy atom. The minimum Gasteiger partial charge on any atom is -0.373 e. The fraction of sp³-hybridized carbons (Fsp3) is 0.583. The third-order valence-corrected chi connectivity index (χ3v) is 3.36. The molecule has 6 heteroatoms. The van der Waals surface area contributed by atoms with Crippen LogP contribution in [0.15, 0.2) is 12.3 Å². The molecule has 0 spiro atoms. The number of hydrogen-bond acceptors (Lipinski definition) is 3. The van der Waals surface area contributed by atoms with E-state index < -0.39 is 0 Å². The summed E-state index contributed by atoms with van der Waals surface area (Å²) in [5.74, 6) is -0.0293. The van der Waals surface area contributed by atoms with E-state index in [1.165, 1.54) is 0 Å². The lowest BCUT2D eigenvalue weighted by molar-refractivity contribution is -0.0302. The van der Waals surface area contributed by atoms with Crippen LogP contribution in [0.1, 0.15) is 17.4 Å². The molecule has 0 saturated carbocycles. The highest BCUT2D eigenvalue weighted by Gasteiger charge is 2.28. The van der Waals surface area contributed by atoms with E-state index in [4.69, 9.17) is 22.1 Å². The number of nitrogens with two attached hydrogens (primary N) is 1.